The van der Waals surface area contributed by atoms with Gasteiger partial charge in [-0.1, -0.05) is 79.4 Å². The zero-order chi connectivity index (χ0) is 24.9. The molecule has 0 spiro atoms. The van der Waals surface area contributed by atoms with Gasteiger partial charge in [0.15, 0.2) is 6.61 Å². The first-order chi connectivity index (χ1) is 15.3. The van der Waals surface area contributed by atoms with E-state index in [1.54, 1.807) is 0 Å². The highest BCUT2D eigenvalue weighted by atomic mass is 16.6. The number of esters is 2. The molecule has 0 aliphatic heterocycles. The third kappa shape index (κ3) is 7.58. The maximum absolute atomic E-state index is 12.6. The minimum atomic E-state index is -0.519. The van der Waals surface area contributed by atoms with Crippen LogP contribution in [0, 0.1) is 16.7 Å². The van der Waals surface area contributed by atoms with Crippen molar-refractivity contribution < 1.29 is 19.1 Å². The molecular weight excluding hydrogens is 412 g/mol. The van der Waals surface area contributed by atoms with Crippen molar-refractivity contribution in [3.05, 3.63) is 35.4 Å². The summed E-state index contributed by atoms with van der Waals surface area (Å²) in [7, 11) is 0. The predicted molar refractivity (Wildman–Crippen MR) is 134 cm³/mol. The SMILES string of the molecule is CCC(C)(C)CC(c1ccc(C(=O)OCC(=O)OC(C)(C)C2CCCC2)cc1)C(C)(C)CC. The van der Waals surface area contributed by atoms with Gasteiger partial charge in [-0.15, -0.1) is 0 Å². The summed E-state index contributed by atoms with van der Waals surface area (Å²) in [5, 5.41) is 0. The summed E-state index contributed by atoms with van der Waals surface area (Å²) < 4.78 is 10.9. The van der Waals surface area contributed by atoms with Crippen LogP contribution >= 0.6 is 0 Å². The molecule has 1 atom stereocenters. The van der Waals surface area contributed by atoms with Crippen molar-refractivity contribution in [2.75, 3.05) is 6.61 Å². The molecule has 0 radical (unpaired) electrons. The molecule has 1 saturated carbocycles. The van der Waals surface area contributed by atoms with Crippen molar-refractivity contribution in [3.63, 3.8) is 0 Å². The van der Waals surface area contributed by atoms with Crippen LogP contribution in [0.1, 0.15) is 122 Å². The summed E-state index contributed by atoms with van der Waals surface area (Å²) in [4.78, 5) is 24.9. The van der Waals surface area contributed by atoms with Crippen LogP contribution in [0.4, 0.5) is 0 Å². The van der Waals surface area contributed by atoms with Crippen LogP contribution in [0.3, 0.4) is 0 Å². The summed E-state index contributed by atoms with van der Waals surface area (Å²) in [6.07, 6.45) is 7.83. The summed E-state index contributed by atoms with van der Waals surface area (Å²) >= 11 is 0. The molecule has 0 amide bonds. The fraction of sp³-hybridized carbons (Fsp3) is 0.724. The molecule has 186 valence electrons. The standard InChI is InChI=1S/C29H46O4/c1-9-27(3,4)19-24(28(5,6)10-2)21-15-17-22(18-16-21)26(31)32-20-25(30)33-29(7,8)23-13-11-12-14-23/h15-18,23-24H,9-14,19-20H2,1-8H3. The van der Waals surface area contributed by atoms with E-state index in [4.69, 9.17) is 9.47 Å². The lowest BCUT2D eigenvalue weighted by atomic mass is 9.66. The largest absolute Gasteiger partial charge is 0.457 e. The van der Waals surface area contributed by atoms with Crippen LogP contribution in [0.25, 0.3) is 0 Å². The topological polar surface area (TPSA) is 52.6 Å². The van der Waals surface area contributed by atoms with Crippen molar-refractivity contribution in [1.82, 2.24) is 0 Å². The Hall–Kier alpha value is -1.84. The molecule has 1 aromatic rings. The number of ether oxygens (including phenoxy) is 2. The number of hydrogen-bond acceptors (Lipinski definition) is 4. The van der Waals surface area contributed by atoms with Gasteiger partial charge >= 0.3 is 11.9 Å². The first-order valence-electron chi connectivity index (χ1n) is 12.8. The van der Waals surface area contributed by atoms with Crippen LogP contribution < -0.4 is 0 Å². The Morgan fingerprint density at radius 3 is 2.03 bits per heavy atom. The molecule has 0 aromatic heterocycles. The maximum Gasteiger partial charge on any atom is 0.344 e. The van der Waals surface area contributed by atoms with Gasteiger partial charge in [0.1, 0.15) is 5.60 Å². The lowest BCUT2D eigenvalue weighted by molar-refractivity contribution is -0.165. The van der Waals surface area contributed by atoms with Gasteiger partial charge in [0, 0.05) is 0 Å². The van der Waals surface area contributed by atoms with Gasteiger partial charge in [0.05, 0.1) is 5.56 Å². The predicted octanol–water partition coefficient (Wildman–Crippen LogP) is 7.70. The molecule has 1 aromatic carbocycles. The fourth-order valence-corrected chi connectivity index (χ4v) is 4.88. The highest BCUT2D eigenvalue weighted by Crippen LogP contribution is 2.46. The number of benzene rings is 1. The molecular formula is C29H46O4. The fourth-order valence-electron chi connectivity index (χ4n) is 4.88. The Bertz CT molecular complexity index is 782. The zero-order valence-electron chi connectivity index (χ0n) is 22.3. The Morgan fingerprint density at radius 2 is 1.52 bits per heavy atom. The quantitative estimate of drug-likeness (QED) is 0.319. The van der Waals surface area contributed by atoms with E-state index in [2.05, 4.69) is 41.5 Å². The Morgan fingerprint density at radius 1 is 0.939 bits per heavy atom. The lowest BCUT2D eigenvalue weighted by Crippen LogP contribution is -2.36. The lowest BCUT2D eigenvalue weighted by Gasteiger charge is -2.39. The van der Waals surface area contributed by atoms with Gasteiger partial charge in [-0.05, 0) is 73.5 Å². The molecule has 1 aliphatic rings. The number of hydrogen-bond donors (Lipinski definition) is 0. The molecule has 0 bridgehead atoms. The van der Waals surface area contributed by atoms with E-state index < -0.39 is 17.5 Å². The first-order valence-corrected chi connectivity index (χ1v) is 12.8. The van der Waals surface area contributed by atoms with Crippen LogP contribution in [-0.2, 0) is 14.3 Å². The monoisotopic (exact) mass is 458 g/mol. The zero-order valence-corrected chi connectivity index (χ0v) is 22.3. The van der Waals surface area contributed by atoms with E-state index in [1.165, 1.54) is 18.4 Å². The third-order valence-electron chi connectivity index (χ3n) is 8.15. The summed E-state index contributed by atoms with van der Waals surface area (Å²) in [6.45, 7) is 17.3. The van der Waals surface area contributed by atoms with Crippen molar-refractivity contribution in [2.24, 2.45) is 16.7 Å². The van der Waals surface area contributed by atoms with Crippen LogP contribution in [0.2, 0.25) is 0 Å². The minimum absolute atomic E-state index is 0.157. The van der Waals surface area contributed by atoms with Gasteiger partial charge in [0.2, 0.25) is 0 Å². The second kappa shape index (κ2) is 11.1. The molecule has 0 saturated heterocycles. The average molecular weight is 459 g/mol. The van der Waals surface area contributed by atoms with Gasteiger partial charge < -0.3 is 9.47 Å². The van der Waals surface area contributed by atoms with E-state index in [0.717, 1.165) is 32.1 Å². The molecule has 4 heteroatoms. The van der Waals surface area contributed by atoms with Crippen molar-refractivity contribution >= 4 is 11.9 Å². The van der Waals surface area contributed by atoms with Crippen molar-refractivity contribution in [3.8, 4) is 0 Å². The molecule has 4 nitrogen and oxygen atoms in total. The maximum atomic E-state index is 12.6. The number of carbonyl (C=O) groups is 2. The Kier molecular flexibility index (Phi) is 9.18. The van der Waals surface area contributed by atoms with Gasteiger partial charge in [-0.25, -0.2) is 9.59 Å². The minimum Gasteiger partial charge on any atom is -0.457 e. The van der Waals surface area contributed by atoms with E-state index in [1.807, 2.05) is 38.1 Å². The van der Waals surface area contributed by atoms with Crippen molar-refractivity contribution in [2.45, 2.75) is 112 Å². The van der Waals surface area contributed by atoms with E-state index in [9.17, 15) is 9.59 Å². The smallest absolute Gasteiger partial charge is 0.344 e. The molecule has 2 rings (SSSR count). The molecule has 33 heavy (non-hydrogen) atoms. The Labute approximate surface area is 201 Å². The van der Waals surface area contributed by atoms with E-state index in [-0.39, 0.29) is 17.4 Å². The summed E-state index contributed by atoms with van der Waals surface area (Å²) in [5.41, 5.74) is 1.60. The van der Waals surface area contributed by atoms with Crippen LogP contribution in [0.15, 0.2) is 24.3 Å². The molecule has 1 unspecified atom stereocenters. The van der Waals surface area contributed by atoms with Crippen LogP contribution in [0.5, 0.6) is 0 Å². The molecule has 0 N–H and O–H groups in total. The normalized spacial score (nSPS) is 16.5. The van der Waals surface area contributed by atoms with E-state index >= 15 is 0 Å². The number of carbonyl (C=O) groups excluding carboxylic acids is 2. The molecule has 0 heterocycles. The Balaban J connectivity index is 2.01. The number of rotatable bonds is 11. The van der Waals surface area contributed by atoms with Gasteiger partial charge in [-0.3, -0.25) is 0 Å². The summed E-state index contributed by atoms with van der Waals surface area (Å²) in [6, 6.07) is 7.74. The third-order valence-corrected chi connectivity index (χ3v) is 8.15. The molecule has 1 fully saturated rings. The van der Waals surface area contributed by atoms with E-state index in [0.29, 0.717) is 17.4 Å². The summed E-state index contributed by atoms with van der Waals surface area (Å²) in [5.74, 6) is -0.196. The van der Waals surface area contributed by atoms with Crippen LogP contribution in [-0.4, -0.2) is 24.1 Å². The highest BCUT2D eigenvalue weighted by Gasteiger charge is 2.36. The highest BCUT2D eigenvalue weighted by molar-refractivity contribution is 5.90. The van der Waals surface area contributed by atoms with Gasteiger partial charge in [-0.2, -0.15) is 0 Å². The first kappa shape index (κ1) is 27.4. The second-order valence-corrected chi connectivity index (χ2v) is 11.9. The molecule has 1 aliphatic carbocycles. The second-order valence-electron chi connectivity index (χ2n) is 11.9. The van der Waals surface area contributed by atoms with Gasteiger partial charge in [0.25, 0.3) is 0 Å². The average Bonchev–Trinajstić information content (AvgIpc) is 3.32. The van der Waals surface area contributed by atoms with Crippen molar-refractivity contribution in [1.29, 1.82) is 0 Å².